The third kappa shape index (κ3) is 5.57. The van der Waals surface area contributed by atoms with E-state index in [1.807, 2.05) is 25.7 Å². The van der Waals surface area contributed by atoms with Crippen molar-refractivity contribution < 1.29 is 23.8 Å². The molecular formula is C17H24FNO4. The van der Waals surface area contributed by atoms with Crippen LogP contribution in [0.3, 0.4) is 0 Å². The first-order valence-electron chi connectivity index (χ1n) is 7.74. The average Bonchev–Trinajstić information content (AvgIpc) is 2.45. The Bertz CT molecular complexity index is 526. The standard InChI is InChI=1S/C17H24FNO4/c1-17(2,3)23-15(20)11-19-8-9-22-14(10-19)16(21)12-4-6-13(18)7-5-12/h4-7,14,16,21H,8-11H2,1-3H3/t14-,16+/m0/s1. The lowest BCUT2D eigenvalue weighted by molar-refractivity contribution is -0.159. The molecule has 1 saturated heterocycles. The number of benzene rings is 1. The van der Waals surface area contributed by atoms with E-state index in [4.69, 9.17) is 9.47 Å². The molecule has 1 heterocycles. The van der Waals surface area contributed by atoms with Crippen LogP contribution < -0.4 is 0 Å². The van der Waals surface area contributed by atoms with E-state index in [0.29, 0.717) is 25.3 Å². The van der Waals surface area contributed by atoms with E-state index in [2.05, 4.69) is 0 Å². The molecule has 0 unspecified atom stereocenters. The summed E-state index contributed by atoms with van der Waals surface area (Å²) < 4.78 is 23.9. The Labute approximate surface area is 136 Å². The Hall–Kier alpha value is -1.50. The maximum Gasteiger partial charge on any atom is 0.320 e. The lowest BCUT2D eigenvalue weighted by Crippen LogP contribution is -2.47. The summed E-state index contributed by atoms with van der Waals surface area (Å²) in [4.78, 5) is 13.8. The van der Waals surface area contributed by atoms with Crippen LogP contribution in [-0.4, -0.2) is 53.9 Å². The Balaban J connectivity index is 1.92. The maximum absolute atomic E-state index is 13.0. The van der Waals surface area contributed by atoms with Gasteiger partial charge in [-0.1, -0.05) is 12.1 Å². The first kappa shape index (κ1) is 17.8. The summed E-state index contributed by atoms with van der Waals surface area (Å²) in [6, 6.07) is 5.69. The molecule has 2 rings (SSSR count). The highest BCUT2D eigenvalue weighted by Gasteiger charge is 2.29. The van der Waals surface area contributed by atoms with Crippen molar-refractivity contribution in [3.8, 4) is 0 Å². The smallest absolute Gasteiger partial charge is 0.320 e. The van der Waals surface area contributed by atoms with Gasteiger partial charge in [0.05, 0.1) is 13.2 Å². The zero-order valence-corrected chi connectivity index (χ0v) is 13.8. The van der Waals surface area contributed by atoms with Crippen LogP contribution in [0.1, 0.15) is 32.4 Å². The Morgan fingerprint density at radius 3 is 2.70 bits per heavy atom. The Kier molecular flexibility index (Phi) is 5.73. The van der Waals surface area contributed by atoms with E-state index in [-0.39, 0.29) is 18.3 Å². The SMILES string of the molecule is CC(C)(C)OC(=O)CN1CCO[C@H]([C@H](O)c2ccc(F)cc2)C1. The second-order valence-corrected chi connectivity index (χ2v) is 6.73. The molecule has 1 aromatic carbocycles. The maximum atomic E-state index is 13.0. The summed E-state index contributed by atoms with van der Waals surface area (Å²) in [5.74, 6) is -0.647. The van der Waals surface area contributed by atoms with Gasteiger partial charge in [-0.25, -0.2) is 4.39 Å². The molecule has 1 aliphatic rings. The van der Waals surface area contributed by atoms with Crippen LogP contribution >= 0.6 is 0 Å². The molecule has 0 aliphatic carbocycles. The third-order valence-electron chi connectivity index (χ3n) is 3.51. The predicted molar refractivity (Wildman–Crippen MR) is 83.4 cm³/mol. The summed E-state index contributed by atoms with van der Waals surface area (Å²) in [5, 5.41) is 10.4. The summed E-state index contributed by atoms with van der Waals surface area (Å²) in [7, 11) is 0. The molecule has 0 spiro atoms. The molecule has 0 aromatic heterocycles. The number of hydrogen-bond donors (Lipinski definition) is 1. The highest BCUT2D eigenvalue weighted by molar-refractivity contribution is 5.72. The number of rotatable bonds is 4. The molecule has 2 atom stereocenters. The van der Waals surface area contributed by atoms with Gasteiger partial charge in [0, 0.05) is 13.1 Å². The van der Waals surface area contributed by atoms with Gasteiger partial charge in [-0.2, -0.15) is 0 Å². The van der Waals surface area contributed by atoms with E-state index in [1.165, 1.54) is 24.3 Å². The molecule has 0 amide bonds. The van der Waals surface area contributed by atoms with Gasteiger partial charge < -0.3 is 14.6 Å². The highest BCUT2D eigenvalue weighted by atomic mass is 19.1. The van der Waals surface area contributed by atoms with Crippen molar-refractivity contribution in [2.45, 2.75) is 38.6 Å². The molecule has 0 saturated carbocycles. The molecule has 1 N–H and O–H groups in total. The normalized spacial score (nSPS) is 21.0. The lowest BCUT2D eigenvalue weighted by atomic mass is 10.0. The van der Waals surface area contributed by atoms with E-state index < -0.39 is 17.8 Å². The quantitative estimate of drug-likeness (QED) is 0.857. The molecular weight excluding hydrogens is 301 g/mol. The van der Waals surface area contributed by atoms with Crippen LogP contribution in [0.15, 0.2) is 24.3 Å². The lowest BCUT2D eigenvalue weighted by Gasteiger charge is -2.35. The molecule has 0 radical (unpaired) electrons. The fraction of sp³-hybridized carbons (Fsp3) is 0.588. The van der Waals surface area contributed by atoms with Crippen molar-refractivity contribution in [3.05, 3.63) is 35.6 Å². The summed E-state index contributed by atoms with van der Waals surface area (Å²) >= 11 is 0. The minimum absolute atomic E-state index is 0.160. The van der Waals surface area contributed by atoms with E-state index in [1.54, 1.807) is 0 Å². The second kappa shape index (κ2) is 7.38. The molecule has 1 aliphatic heterocycles. The molecule has 1 fully saturated rings. The van der Waals surface area contributed by atoms with Gasteiger partial charge in [-0.15, -0.1) is 0 Å². The number of aliphatic hydroxyl groups excluding tert-OH is 1. The van der Waals surface area contributed by atoms with Gasteiger partial charge in [-0.3, -0.25) is 9.69 Å². The van der Waals surface area contributed by atoms with Crippen LogP contribution in [0.5, 0.6) is 0 Å². The number of hydrogen-bond acceptors (Lipinski definition) is 5. The monoisotopic (exact) mass is 325 g/mol. The zero-order chi connectivity index (χ0) is 17.0. The fourth-order valence-corrected chi connectivity index (χ4v) is 2.50. The number of nitrogens with zero attached hydrogens (tertiary/aromatic N) is 1. The van der Waals surface area contributed by atoms with Gasteiger partial charge >= 0.3 is 5.97 Å². The van der Waals surface area contributed by atoms with Gasteiger partial charge in [0.25, 0.3) is 0 Å². The van der Waals surface area contributed by atoms with Gasteiger partial charge in [-0.05, 0) is 38.5 Å². The third-order valence-corrected chi connectivity index (χ3v) is 3.51. The van der Waals surface area contributed by atoms with Crippen molar-refractivity contribution in [2.24, 2.45) is 0 Å². The van der Waals surface area contributed by atoms with Crippen molar-refractivity contribution in [1.82, 2.24) is 4.90 Å². The number of ether oxygens (including phenoxy) is 2. The molecule has 5 nitrogen and oxygen atoms in total. The van der Waals surface area contributed by atoms with E-state index in [0.717, 1.165) is 0 Å². The van der Waals surface area contributed by atoms with E-state index >= 15 is 0 Å². The number of morpholine rings is 1. The van der Waals surface area contributed by atoms with Gasteiger partial charge in [0.15, 0.2) is 0 Å². The summed E-state index contributed by atoms with van der Waals surface area (Å²) in [6.07, 6.45) is -1.33. The molecule has 1 aromatic rings. The molecule has 0 bridgehead atoms. The summed E-state index contributed by atoms with van der Waals surface area (Å²) in [6.45, 7) is 7.07. The summed E-state index contributed by atoms with van der Waals surface area (Å²) in [5.41, 5.74) is 0.0756. The first-order chi connectivity index (χ1) is 10.7. The van der Waals surface area contributed by atoms with Crippen LogP contribution in [0.4, 0.5) is 4.39 Å². The van der Waals surface area contributed by atoms with Crippen molar-refractivity contribution in [1.29, 1.82) is 0 Å². The minimum Gasteiger partial charge on any atom is -0.459 e. The number of esters is 1. The Morgan fingerprint density at radius 2 is 2.09 bits per heavy atom. The highest BCUT2D eigenvalue weighted by Crippen LogP contribution is 2.22. The second-order valence-electron chi connectivity index (χ2n) is 6.73. The first-order valence-corrected chi connectivity index (χ1v) is 7.74. The predicted octanol–water partition coefficient (Wildman–Crippen LogP) is 1.90. The van der Waals surface area contributed by atoms with Crippen LogP contribution in [0, 0.1) is 5.82 Å². The zero-order valence-electron chi connectivity index (χ0n) is 13.8. The van der Waals surface area contributed by atoms with Gasteiger partial charge in [0.1, 0.15) is 23.6 Å². The van der Waals surface area contributed by atoms with Crippen LogP contribution in [-0.2, 0) is 14.3 Å². The van der Waals surface area contributed by atoms with E-state index in [9.17, 15) is 14.3 Å². The minimum atomic E-state index is -0.864. The topological polar surface area (TPSA) is 59.0 Å². The number of carbonyl (C=O) groups is 1. The molecule has 128 valence electrons. The van der Waals surface area contributed by atoms with Gasteiger partial charge in [0.2, 0.25) is 0 Å². The largest absolute Gasteiger partial charge is 0.459 e. The van der Waals surface area contributed by atoms with Crippen molar-refractivity contribution in [2.75, 3.05) is 26.2 Å². The Morgan fingerprint density at radius 1 is 1.43 bits per heavy atom. The van der Waals surface area contributed by atoms with Crippen molar-refractivity contribution in [3.63, 3.8) is 0 Å². The fourth-order valence-electron chi connectivity index (χ4n) is 2.50. The molecule has 23 heavy (non-hydrogen) atoms. The van der Waals surface area contributed by atoms with Crippen LogP contribution in [0.2, 0.25) is 0 Å². The van der Waals surface area contributed by atoms with Crippen molar-refractivity contribution >= 4 is 5.97 Å². The molecule has 6 heteroatoms. The average molecular weight is 325 g/mol. The van der Waals surface area contributed by atoms with Crippen LogP contribution in [0.25, 0.3) is 0 Å². The number of carbonyl (C=O) groups excluding carboxylic acids is 1. The number of aliphatic hydroxyl groups is 1. The number of halogens is 1.